The van der Waals surface area contributed by atoms with E-state index in [4.69, 9.17) is 0 Å². The molecule has 0 spiro atoms. The van der Waals surface area contributed by atoms with Crippen LogP contribution in [0.15, 0.2) is 0 Å². The SMILES string of the molecule is CNC(=O)CN(C)C(=O)C[NH+]1CC[C@@H]2CCCC[C@@H]2C1. The summed E-state index contributed by atoms with van der Waals surface area (Å²) in [5.74, 6) is 1.70. The van der Waals surface area contributed by atoms with Crippen molar-refractivity contribution >= 4 is 11.8 Å². The number of nitrogens with one attached hydrogen (secondary N) is 2. The lowest BCUT2D eigenvalue weighted by molar-refractivity contribution is -0.903. The van der Waals surface area contributed by atoms with Crippen molar-refractivity contribution in [3.63, 3.8) is 0 Å². The number of quaternary nitrogens is 1. The summed E-state index contributed by atoms with van der Waals surface area (Å²) in [7, 11) is 3.31. The highest BCUT2D eigenvalue weighted by Gasteiger charge is 2.34. The summed E-state index contributed by atoms with van der Waals surface area (Å²) in [5, 5.41) is 2.55. The second kappa shape index (κ2) is 7.07. The summed E-state index contributed by atoms with van der Waals surface area (Å²) in [5.41, 5.74) is 0. The second-order valence-corrected chi connectivity index (χ2v) is 6.40. The molecule has 3 atom stereocenters. The standard InChI is InChI=1S/C15H27N3O2/c1-16-14(19)10-17(2)15(20)11-18-8-7-12-5-3-4-6-13(12)9-18/h12-13H,3-11H2,1-2H3,(H,16,19)/p+1/t12-,13+/m0/s1. The molecule has 2 rings (SSSR count). The maximum atomic E-state index is 12.1. The molecular weight excluding hydrogens is 254 g/mol. The van der Waals surface area contributed by atoms with Gasteiger partial charge in [0.05, 0.1) is 19.6 Å². The van der Waals surface area contributed by atoms with E-state index in [0.29, 0.717) is 6.54 Å². The number of hydrogen-bond donors (Lipinski definition) is 2. The first-order chi connectivity index (χ1) is 9.60. The van der Waals surface area contributed by atoms with Crippen LogP contribution in [-0.4, -0.2) is 57.0 Å². The van der Waals surface area contributed by atoms with Crippen molar-refractivity contribution < 1.29 is 14.5 Å². The van der Waals surface area contributed by atoms with Crippen LogP contribution in [0.5, 0.6) is 0 Å². The zero-order valence-corrected chi connectivity index (χ0v) is 12.8. The molecule has 2 N–H and O–H groups in total. The maximum Gasteiger partial charge on any atom is 0.277 e. The third-order valence-corrected chi connectivity index (χ3v) is 4.97. The molecule has 114 valence electrons. The number of amides is 2. The van der Waals surface area contributed by atoms with Crippen molar-refractivity contribution in [2.24, 2.45) is 11.8 Å². The van der Waals surface area contributed by atoms with Crippen molar-refractivity contribution in [1.29, 1.82) is 0 Å². The molecule has 1 aliphatic carbocycles. The van der Waals surface area contributed by atoms with Crippen LogP contribution < -0.4 is 10.2 Å². The van der Waals surface area contributed by atoms with Gasteiger partial charge in [-0.05, 0) is 25.2 Å². The van der Waals surface area contributed by atoms with Crippen molar-refractivity contribution in [2.45, 2.75) is 32.1 Å². The van der Waals surface area contributed by atoms with E-state index in [0.717, 1.165) is 24.9 Å². The number of fused-ring (bicyclic) bond motifs is 1. The van der Waals surface area contributed by atoms with Gasteiger partial charge in [-0.3, -0.25) is 9.59 Å². The fraction of sp³-hybridized carbons (Fsp3) is 0.867. The average molecular weight is 282 g/mol. The van der Waals surface area contributed by atoms with Crippen molar-refractivity contribution in [2.75, 3.05) is 40.3 Å². The van der Waals surface area contributed by atoms with Crippen molar-refractivity contribution in [1.82, 2.24) is 10.2 Å². The van der Waals surface area contributed by atoms with Crippen LogP contribution in [0.25, 0.3) is 0 Å². The van der Waals surface area contributed by atoms with Gasteiger partial charge in [-0.25, -0.2) is 0 Å². The Morgan fingerprint density at radius 1 is 1.20 bits per heavy atom. The molecule has 2 aliphatic rings. The highest BCUT2D eigenvalue weighted by atomic mass is 16.2. The Hall–Kier alpha value is -1.10. The monoisotopic (exact) mass is 282 g/mol. The minimum Gasteiger partial charge on any atom is -0.358 e. The smallest absolute Gasteiger partial charge is 0.277 e. The van der Waals surface area contributed by atoms with Gasteiger partial charge in [0.15, 0.2) is 6.54 Å². The van der Waals surface area contributed by atoms with E-state index in [1.165, 1.54) is 37.0 Å². The molecule has 1 aliphatic heterocycles. The first-order valence-electron chi connectivity index (χ1n) is 7.88. The number of carbonyl (C=O) groups is 2. The first-order valence-corrected chi connectivity index (χ1v) is 7.88. The summed E-state index contributed by atoms with van der Waals surface area (Å²) in [6.45, 7) is 2.95. The Morgan fingerprint density at radius 2 is 1.90 bits per heavy atom. The number of piperidine rings is 1. The topological polar surface area (TPSA) is 53.9 Å². The number of likely N-dealkylation sites (tertiary alicyclic amines) is 1. The minimum absolute atomic E-state index is 0.0814. The molecule has 1 heterocycles. The molecule has 2 fully saturated rings. The number of nitrogens with zero attached hydrogens (tertiary/aromatic N) is 1. The van der Waals surface area contributed by atoms with Crippen LogP contribution in [0.4, 0.5) is 0 Å². The molecule has 5 heteroatoms. The summed E-state index contributed by atoms with van der Waals surface area (Å²) < 4.78 is 0. The third kappa shape index (κ3) is 3.95. The molecule has 0 radical (unpaired) electrons. The van der Waals surface area contributed by atoms with Gasteiger partial charge in [-0.1, -0.05) is 12.8 Å². The maximum absolute atomic E-state index is 12.1. The van der Waals surface area contributed by atoms with E-state index < -0.39 is 0 Å². The Bertz CT molecular complexity index is 359. The summed E-state index contributed by atoms with van der Waals surface area (Å²) >= 11 is 0. The largest absolute Gasteiger partial charge is 0.358 e. The van der Waals surface area contributed by atoms with Gasteiger partial charge in [0.2, 0.25) is 5.91 Å². The Kier molecular flexibility index (Phi) is 5.40. The van der Waals surface area contributed by atoms with Crippen LogP contribution in [0.3, 0.4) is 0 Å². The van der Waals surface area contributed by atoms with E-state index in [-0.39, 0.29) is 18.4 Å². The van der Waals surface area contributed by atoms with E-state index in [1.54, 1.807) is 19.0 Å². The van der Waals surface area contributed by atoms with Gasteiger partial charge in [0.25, 0.3) is 5.91 Å². The van der Waals surface area contributed by atoms with Gasteiger partial charge >= 0.3 is 0 Å². The molecule has 0 aromatic rings. The summed E-state index contributed by atoms with van der Waals surface area (Å²) in [6.07, 6.45) is 6.76. The summed E-state index contributed by atoms with van der Waals surface area (Å²) in [4.78, 5) is 26.4. The van der Waals surface area contributed by atoms with Crippen molar-refractivity contribution in [3.05, 3.63) is 0 Å². The van der Waals surface area contributed by atoms with Gasteiger partial charge in [-0.15, -0.1) is 0 Å². The average Bonchev–Trinajstić information content (AvgIpc) is 2.46. The van der Waals surface area contributed by atoms with E-state index >= 15 is 0 Å². The van der Waals surface area contributed by atoms with Gasteiger partial charge < -0.3 is 15.1 Å². The lowest BCUT2D eigenvalue weighted by atomic mass is 9.75. The molecule has 5 nitrogen and oxygen atoms in total. The molecule has 2 amide bonds. The van der Waals surface area contributed by atoms with Crippen LogP contribution in [0, 0.1) is 11.8 Å². The lowest BCUT2D eigenvalue weighted by Crippen LogP contribution is -3.15. The van der Waals surface area contributed by atoms with E-state index in [9.17, 15) is 9.59 Å². The Labute approximate surface area is 121 Å². The van der Waals surface area contributed by atoms with Crippen LogP contribution in [0.2, 0.25) is 0 Å². The van der Waals surface area contributed by atoms with Crippen molar-refractivity contribution in [3.8, 4) is 0 Å². The fourth-order valence-corrected chi connectivity index (χ4v) is 3.69. The predicted molar refractivity (Wildman–Crippen MR) is 77.3 cm³/mol. The van der Waals surface area contributed by atoms with Gasteiger partial charge in [0, 0.05) is 20.0 Å². The molecule has 1 saturated carbocycles. The Morgan fingerprint density at radius 3 is 2.60 bits per heavy atom. The summed E-state index contributed by atoms with van der Waals surface area (Å²) in [6, 6.07) is 0. The highest BCUT2D eigenvalue weighted by molar-refractivity contribution is 5.84. The van der Waals surface area contributed by atoms with E-state index in [1.807, 2.05) is 0 Å². The zero-order valence-electron chi connectivity index (χ0n) is 12.8. The number of rotatable bonds is 4. The van der Waals surface area contributed by atoms with Crippen LogP contribution in [-0.2, 0) is 9.59 Å². The number of likely N-dealkylation sites (N-methyl/N-ethyl adjacent to an activating group) is 2. The molecule has 0 aromatic carbocycles. The van der Waals surface area contributed by atoms with Gasteiger partial charge in [0.1, 0.15) is 0 Å². The third-order valence-electron chi connectivity index (χ3n) is 4.97. The highest BCUT2D eigenvalue weighted by Crippen LogP contribution is 2.32. The Balaban J connectivity index is 1.78. The van der Waals surface area contributed by atoms with Gasteiger partial charge in [-0.2, -0.15) is 0 Å². The van der Waals surface area contributed by atoms with E-state index in [2.05, 4.69) is 5.32 Å². The predicted octanol–water partition coefficient (Wildman–Crippen LogP) is -0.714. The van der Waals surface area contributed by atoms with Crippen LogP contribution >= 0.6 is 0 Å². The minimum atomic E-state index is -0.109. The molecule has 0 bridgehead atoms. The number of hydrogen-bond acceptors (Lipinski definition) is 2. The normalized spacial score (nSPS) is 29.4. The number of carbonyl (C=O) groups excluding carboxylic acids is 2. The fourth-order valence-electron chi connectivity index (χ4n) is 3.69. The molecule has 20 heavy (non-hydrogen) atoms. The molecule has 1 saturated heterocycles. The second-order valence-electron chi connectivity index (χ2n) is 6.40. The first kappa shape index (κ1) is 15.3. The molecule has 1 unspecified atom stereocenters. The quantitative estimate of drug-likeness (QED) is 0.715. The molecular formula is C15H28N3O2+. The van der Waals surface area contributed by atoms with Crippen LogP contribution in [0.1, 0.15) is 32.1 Å². The zero-order chi connectivity index (χ0) is 14.5. The lowest BCUT2D eigenvalue weighted by Gasteiger charge is -2.38. The molecule has 0 aromatic heterocycles.